The lowest BCUT2D eigenvalue weighted by Gasteiger charge is -2.33. The van der Waals surface area contributed by atoms with Crippen LogP contribution >= 0.6 is 0 Å². The molecule has 2 amide bonds. The van der Waals surface area contributed by atoms with Crippen LogP contribution in [0.2, 0.25) is 0 Å². The summed E-state index contributed by atoms with van der Waals surface area (Å²) in [6.45, 7) is 5.41. The highest BCUT2D eigenvalue weighted by Gasteiger charge is 2.42. The van der Waals surface area contributed by atoms with Gasteiger partial charge in [0.25, 0.3) is 0 Å². The van der Waals surface area contributed by atoms with Crippen LogP contribution in [0.3, 0.4) is 0 Å². The van der Waals surface area contributed by atoms with Crippen LogP contribution in [-0.2, 0) is 19.6 Å². The largest absolute Gasteiger partial charge is 0.354 e. The summed E-state index contributed by atoms with van der Waals surface area (Å²) in [5, 5.41) is 2.97. The lowest BCUT2D eigenvalue weighted by molar-refractivity contribution is -0.128. The summed E-state index contributed by atoms with van der Waals surface area (Å²) < 4.78 is 24.6. The SMILES string of the molecule is Cc1ccc(C2C(C(=O)NCCN3CCN(S(C)(=O)=O)CC3)CC(=O)N2C)cc1. The number of sulfonamides is 1. The van der Waals surface area contributed by atoms with Gasteiger partial charge in [0, 0.05) is 52.7 Å². The molecular formula is C20H30N4O4S. The molecule has 2 saturated heterocycles. The van der Waals surface area contributed by atoms with Gasteiger partial charge in [0.05, 0.1) is 18.2 Å². The third-order valence-electron chi connectivity index (χ3n) is 5.87. The van der Waals surface area contributed by atoms with Crippen LogP contribution in [0.25, 0.3) is 0 Å². The molecule has 2 aliphatic rings. The Kier molecular flexibility index (Phi) is 6.60. The summed E-state index contributed by atoms with van der Waals surface area (Å²) in [5.74, 6) is -0.534. The molecule has 0 radical (unpaired) electrons. The Bertz CT molecular complexity index is 848. The van der Waals surface area contributed by atoms with Crippen molar-refractivity contribution >= 4 is 21.8 Å². The maximum absolute atomic E-state index is 12.8. The van der Waals surface area contributed by atoms with E-state index in [2.05, 4.69) is 10.2 Å². The summed E-state index contributed by atoms with van der Waals surface area (Å²) in [6, 6.07) is 7.71. The van der Waals surface area contributed by atoms with Crippen molar-refractivity contribution in [3.05, 3.63) is 35.4 Å². The molecule has 2 aliphatic heterocycles. The number of hydrogen-bond donors (Lipinski definition) is 1. The van der Waals surface area contributed by atoms with Crippen molar-refractivity contribution in [2.24, 2.45) is 5.92 Å². The Labute approximate surface area is 172 Å². The summed E-state index contributed by atoms with van der Waals surface area (Å²) in [4.78, 5) is 28.9. The van der Waals surface area contributed by atoms with E-state index < -0.39 is 15.9 Å². The minimum Gasteiger partial charge on any atom is -0.354 e. The van der Waals surface area contributed by atoms with E-state index in [9.17, 15) is 18.0 Å². The monoisotopic (exact) mass is 422 g/mol. The van der Waals surface area contributed by atoms with Gasteiger partial charge in [-0.1, -0.05) is 29.8 Å². The van der Waals surface area contributed by atoms with Crippen LogP contribution in [-0.4, -0.2) is 86.9 Å². The molecule has 3 rings (SSSR count). The molecule has 29 heavy (non-hydrogen) atoms. The summed E-state index contributed by atoms with van der Waals surface area (Å²) in [7, 11) is -1.39. The van der Waals surface area contributed by atoms with E-state index in [-0.39, 0.29) is 24.3 Å². The van der Waals surface area contributed by atoms with Gasteiger partial charge in [-0.25, -0.2) is 8.42 Å². The highest BCUT2D eigenvalue weighted by Crippen LogP contribution is 2.37. The zero-order valence-electron chi connectivity index (χ0n) is 17.3. The predicted molar refractivity (Wildman–Crippen MR) is 111 cm³/mol. The number of likely N-dealkylation sites (tertiary alicyclic amines) is 1. The Morgan fingerprint density at radius 2 is 1.76 bits per heavy atom. The highest BCUT2D eigenvalue weighted by atomic mass is 32.2. The smallest absolute Gasteiger partial charge is 0.226 e. The fraction of sp³-hybridized carbons (Fsp3) is 0.600. The maximum atomic E-state index is 12.8. The molecule has 1 N–H and O–H groups in total. The van der Waals surface area contributed by atoms with Crippen LogP contribution < -0.4 is 5.32 Å². The molecule has 2 unspecified atom stereocenters. The molecule has 2 fully saturated rings. The first kappa shape index (κ1) is 21.7. The summed E-state index contributed by atoms with van der Waals surface area (Å²) >= 11 is 0. The number of benzene rings is 1. The van der Waals surface area contributed by atoms with Gasteiger partial charge < -0.3 is 10.2 Å². The van der Waals surface area contributed by atoms with Crippen molar-refractivity contribution in [2.45, 2.75) is 19.4 Å². The van der Waals surface area contributed by atoms with Gasteiger partial charge in [0.1, 0.15) is 0 Å². The van der Waals surface area contributed by atoms with Crippen molar-refractivity contribution in [3.8, 4) is 0 Å². The highest BCUT2D eigenvalue weighted by molar-refractivity contribution is 7.88. The number of piperazine rings is 1. The summed E-state index contributed by atoms with van der Waals surface area (Å²) in [6.07, 6.45) is 1.45. The Balaban J connectivity index is 1.53. The molecular weight excluding hydrogens is 392 g/mol. The minimum atomic E-state index is -3.14. The van der Waals surface area contributed by atoms with E-state index >= 15 is 0 Å². The fourth-order valence-electron chi connectivity index (χ4n) is 4.08. The Morgan fingerprint density at radius 3 is 2.34 bits per heavy atom. The second kappa shape index (κ2) is 8.81. The van der Waals surface area contributed by atoms with E-state index in [1.165, 1.54) is 10.6 Å². The van der Waals surface area contributed by atoms with Gasteiger partial charge >= 0.3 is 0 Å². The number of carbonyl (C=O) groups is 2. The average Bonchev–Trinajstić information content (AvgIpc) is 2.97. The van der Waals surface area contributed by atoms with Gasteiger partial charge in [-0.3, -0.25) is 14.5 Å². The zero-order chi connectivity index (χ0) is 21.2. The van der Waals surface area contributed by atoms with Gasteiger partial charge in [0.2, 0.25) is 21.8 Å². The maximum Gasteiger partial charge on any atom is 0.226 e. The Hall–Kier alpha value is -1.97. The van der Waals surface area contributed by atoms with Crippen LogP contribution in [0.1, 0.15) is 23.6 Å². The van der Waals surface area contributed by atoms with Gasteiger partial charge in [-0.15, -0.1) is 0 Å². The van der Waals surface area contributed by atoms with Crippen molar-refractivity contribution in [2.75, 3.05) is 52.6 Å². The molecule has 2 atom stereocenters. The molecule has 160 valence electrons. The van der Waals surface area contributed by atoms with Gasteiger partial charge in [-0.05, 0) is 12.5 Å². The first-order valence-electron chi connectivity index (χ1n) is 9.94. The van der Waals surface area contributed by atoms with Crippen molar-refractivity contribution < 1.29 is 18.0 Å². The minimum absolute atomic E-state index is 0.0207. The van der Waals surface area contributed by atoms with Crippen molar-refractivity contribution in [1.29, 1.82) is 0 Å². The number of amides is 2. The van der Waals surface area contributed by atoms with Crippen LogP contribution in [0.5, 0.6) is 0 Å². The number of nitrogens with zero attached hydrogens (tertiary/aromatic N) is 3. The van der Waals surface area contributed by atoms with Gasteiger partial charge in [-0.2, -0.15) is 4.31 Å². The van der Waals surface area contributed by atoms with E-state index in [1.807, 2.05) is 31.2 Å². The molecule has 0 aromatic heterocycles. The number of rotatable bonds is 6. The lowest BCUT2D eigenvalue weighted by Crippen LogP contribution is -2.50. The topological polar surface area (TPSA) is 90.0 Å². The molecule has 0 bridgehead atoms. The van der Waals surface area contributed by atoms with Crippen LogP contribution in [0.4, 0.5) is 0 Å². The molecule has 0 saturated carbocycles. The molecule has 8 nitrogen and oxygen atoms in total. The molecule has 2 heterocycles. The normalized spacial score (nSPS) is 24.1. The first-order valence-corrected chi connectivity index (χ1v) is 11.8. The Morgan fingerprint density at radius 1 is 1.14 bits per heavy atom. The van der Waals surface area contributed by atoms with E-state index in [0.29, 0.717) is 39.3 Å². The molecule has 1 aromatic carbocycles. The first-order chi connectivity index (χ1) is 13.7. The molecule has 9 heteroatoms. The van der Waals surface area contributed by atoms with E-state index in [1.54, 1.807) is 11.9 Å². The average molecular weight is 423 g/mol. The third kappa shape index (κ3) is 5.15. The molecule has 0 spiro atoms. The summed E-state index contributed by atoms with van der Waals surface area (Å²) in [5.41, 5.74) is 2.11. The van der Waals surface area contributed by atoms with Crippen molar-refractivity contribution in [3.63, 3.8) is 0 Å². The standard InChI is InChI=1S/C20H30N4O4S/c1-15-4-6-16(7-5-15)19-17(14-18(25)22(19)2)20(26)21-8-9-23-10-12-24(13-11-23)29(3,27)28/h4-7,17,19H,8-14H2,1-3H3,(H,21,26). The van der Waals surface area contributed by atoms with Crippen molar-refractivity contribution in [1.82, 2.24) is 19.4 Å². The zero-order valence-corrected chi connectivity index (χ0v) is 18.1. The van der Waals surface area contributed by atoms with E-state index in [0.717, 1.165) is 11.1 Å². The second-order valence-corrected chi connectivity index (χ2v) is 9.95. The molecule has 1 aromatic rings. The fourth-order valence-corrected chi connectivity index (χ4v) is 4.90. The number of carbonyl (C=O) groups excluding carboxylic acids is 2. The van der Waals surface area contributed by atoms with Gasteiger partial charge in [0.15, 0.2) is 0 Å². The van der Waals surface area contributed by atoms with Crippen LogP contribution in [0.15, 0.2) is 24.3 Å². The van der Waals surface area contributed by atoms with E-state index in [4.69, 9.17) is 0 Å². The number of aryl methyl sites for hydroxylation is 1. The van der Waals surface area contributed by atoms with Crippen LogP contribution in [0, 0.1) is 12.8 Å². The predicted octanol–water partition coefficient (Wildman–Crippen LogP) is 0.208. The lowest BCUT2D eigenvalue weighted by atomic mass is 9.92. The number of hydrogen-bond acceptors (Lipinski definition) is 5. The quantitative estimate of drug-likeness (QED) is 0.708. The number of nitrogens with one attached hydrogen (secondary N) is 1. The second-order valence-electron chi connectivity index (χ2n) is 7.97. The third-order valence-corrected chi connectivity index (χ3v) is 7.17. The molecule has 0 aliphatic carbocycles.